The van der Waals surface area contributed by atoms with E-state index >= 15 is 0 Å². The molecule has 1 amide bonds. The average Bonchev–Trinajstić information content (AvgIpc) is 2.74. The summed E-state index contributed by atoms with van der Waals surface area (Å²) < 4.78 is 57.8. The molecule has 0 radical (unpaired) electrons. The Morgan fingerprint density at radius 3 is 2.16 bits per heavy atom. The molecule has 2 aromatic carbocycles. The summed E-state index contributed by atoms with van der Waals surface area (Å²) in [6, 6.07) is 6.97. The van der Waals surface area contributed by atoms with Crippen LogP contribution in [0.3, 0.4) is 0 Å². The predicted octanol–water partition coefficient (Wildman–Crippen LogP) is 2.96. The number of ether oxygens (including phenoxy) is 1. The van der Waals surface area contributed by atoms with Gasteiger partial charge in [-0.2, -0.15) is 4.31 Å². The summed E-state index contributed by atoms with van der Waals surface area (Å²) >= 11 is 11.5. The fourth-order valence-electron chi connectivity index (χ4n) is 2.91. The monoisotopic (exact) mass is 492 g/mol. The second-order valence-electron chi connectivity index (χ2n) is 6.56. The Morgan fingerprint density at radius 2 is 1.55 bits per heavy atom. The van der Waals surface area contributed by atoms with Gasteiger partial charge in [0.15, 0.2) is 18.2 Å². The summed E-state index contributed by atoms with van der Waals surface area (Å²) in [4.78, 5) is 25.8. The molecule has 1 saturated heterocycles. The Hall–Kier alpha value is -2.27. The second-order valence-corrected chi connectivity index (χ2v) is 9.34. The number of halogens is 4. The van der Waals surface area contributed by atoms with Gasteiger partial charge in [0.25, 0.3) is 5.91 Å². The number of hydrogen-bond donors (Lipinski definition) is 0. The number of benzene rings is 2. The maximum Gasteiger partial charge on any atom is 0.340 e. The van der Waals surface area contributed by atoms with E-state index < -0.39 is 45.7 Å². The van der Waals surface area contributed by atoms with E-state index in [4.69, 9.17) is 27.9 Å². The highest BCUT2D eigenvalue weighted by Crippen LogP contribution is 2.22. The molecule has 0 unspecified atom stereocenters. The molecule has 0 atom stereocenters. The van der Waals surface area contributed by atoms with Crippen molar-refractivity contribution in [2.45, 2.75) is 4.90 Å². The summed E-state index contributed by atoms with van der Waals surface area (Å²) in [5, 5.41) is 0.0611. The van der Waals surface area contributed by atoms with Crippen LogP contribution in [0, 0.1) is 11.6 Å². The Kier molecular flexibility index (Phi) is 7.15. The van der Waals surface area contributed by atoms with Crippen LogP contribution >= 0.6 is 23.2 Å². The zero-order chi connectivity index (χ0) is 22.8. The Bertz CT molecular complexity index is 1110. The van der Waals surface area contributed by atoms with Gasteiger partial charge in [-0.1, -0.05) is 23.2 Å². The molecule has 1 aliphatic rings. The van der Waals surface area contributed by atoms with E-state index in [2.05, 4.69) is 0 Å². The van der Waals surface area contributed by atoms with Crippen molar-refractivity contribution in [1.82, 2.24) is 9.21 Å². The summed E-state index contributed by atoms with van der Waals surface area (Å²) in [6.07, 6.45) is 0. The highest BCUT2D eigenvalue weighted by atomic mass is 35.5. The van der Waals surface area contributed by atoms with Gasteiger partial charge in [0.1, 0.15) is 0 Å². The van der Waals surface area contributed by atoms with Crippen LogP contribution in [0.2, 0.25) is 10.0 Å². The first-order chi connectivity index (χ1) is 14.6. The first-order valence-electron chi connectivity index (χ1n) is 8.95. The molecule has 0 spiro atoms. The topological polar surface area (TPSA) is 84.0 Å². The number of carbonyl (C=O) groups is 2. The van der Waals surface area contributed by atoms with Crippen molar-refractivity contribution in [2.75, 3.05) is 32.8 Å². The Labute approximate surface area is 187 Å². The van der Waals surface area contributed by atoms with Crippen molar-refractivity contribution in [3.05, 3.63) is 63.6 Å². The van der Waals surface area contributed by atoms with Crippen LogP contribution in [-0.4, -0.2) is 62.3 Å². The van der Waals surface area contributed by atoms with Gasteiger partial charge in [0.05, 0.1) is 15.5 Å². The molecule has 31 heavy (non-hydrogen) atoms. The lowest BCUT2D eigenvalue weighted by atomic mass is 10.2. The number of sulfonamides is 1. The lowest BCUT2D eigenvalue weighted by molar-refractivity contribution is -0.135. The third-order valence-electron chi connectivity index (χ3n) is 4.60. The molecule has 1 aliphatic heterocycles. The highest BCUT2D eigenvalue weighted by Gasteiger charge is 2.30. The minimum atomic E-state index is -3.73. The van der Waals surface area contributed by atoms with Crippen LogP contribution in [0.4, 0.5) is 8.78 Å². The number of piperazine rings is 1. The number of carbonyl (C=O) groups excluding carboxylic acids is 2. The van der Waals surface area contributed by atoms with E-state index in [1.807, 2.05) is 0 Å². The van der Waals surface area contributed by atoms with Gasteiger partial charge in [0.2, 0.25) is 10.0 Å². The predicted molar refractivity (Wildman–Crippen MR) is 108 cm³/mol. The van der Waals surface area contributed by atoms with Gasteiger partial charge in [-0.15, -0.1) is 0 Å². The van der Waals surface area contributed by atoms with E-state index in [-0.39, 0.29) is 36.1 Å². The normalized spacial score (nSPS) is 15.0. The van der Waals surface area contributed by atoms with Crippen LogP contribution < -0.4 is 0 Å². The molecule has 166 valence electrons. The molecule has 0 aromatic heterocycles. The minimum absolute atomic E-state index is 0.0552. The molecule has 0 saturated carbocycles. The van der Waals surface area contributed by atoms with Crippen molar-refractivity contribution in [3.63, 3.8) is 0 Å². The second kappa shape index (κ2) is 9.47. The number of rotatable bonds is 5. The lowest BCUT2D eigenvalue weighted by Crippen LogP contribution is -2.51. The largest absolute Gasteiger partial charge is 0.452 e. The fraction of sp³-hybridized carbons (Fsp3) is 0.263. The molecule has 12 heteroatoms. The standard InChI is InChI=1S/C19H16Cl2F2N2O5S/c20-12-1-3-13(4-2-12)31(28,29)25-7-5-24(6-8-25)18(26)11-30-19(27)14-9-16(22)17(23)10-15(14)21/h1-4,9-10H,5-8,11H2. The third-order valence-corrected chi connectivity index (χ3v) is 7.08. The molecule has 0 aliphatic carbocycles. The maximum absolute atomic E-state index is 13.3. The highest BCUT2D eigenvalue weighted by molar-refractivity contribution is 7.89. The van der Waals surface area contributed by atoms with Crippen LogP contribution in [0.1, 0.15) is 10.4 Å². The average molecular weight is 493 g/mol. The summed E-state index contributed by atoms with van der Waals surface area (Å²) in [6.45, 7) is -0.359. The zero-order valence-corrected chi connectivity index (χ0v) is 18.2. The molecule has 7 nitrogen and oxygen atoms in total. The summed E-state index contributed by atoms with van der Waals surface area (Å²) in [5.41, 5.74) is -0.410. The summed E-state index contributed by atoms with van der Waals surface area (Å²) in [7, 11) is -3.73. The maximum atomic E-state index is 13.3. The Balaban J connectivity index is 1.55. The van der Waals surface area contributed by atoms with Crippen LogP contribution in [0.15, 0.2) is 41.3 Å². The molecule has 1 heterocycles. The van der Waals surface area contributed by atoms with Gasteiger partial charge < -0.3 is 9.64 Å². The molecular weight excluding hydrogens is 477 g/mol. The number of nitrogens with zero attached hydrogens (tertiary/aromatic N) is 2. The van der Waals surface area contributed by atoms with E-state index in [0.717, 1.165) is 0 Å². The zero-order valence-electron chi connectivity index (χ0n) is 15.9. The van der Waals surface area contributed by atoms with Crippen LogP contribution in [0.25, 0.3) is 0 Å². The quantitative estimate of drug-likeness (QED) is 0.473. The van der Waals surface area contributed by atoms with Crippen LogP contribution in [0.5, 0.6) is 0 Å². The molecule has 2 aromatic rings. The molecule has 1 fully saturated rings. The molecule has 0 N–H and O–H groups in total. The van der Waals surface area contributed by atoms with Crippen molar-refractivity contribution >= 4 is 45.1 Å². The minimum Gasteiger partial charge on any atom is -0.452 e. The van der Waals surface area contributed by atoms with E-state index in [1.54, 1.807) is 0 Å². The molecular formula is C19H16Cl2F2N2O5S. The van der Waals surface area contributed by atoms with E-state index in [1.165, 1.54) is 33.5 Å². The van der Waals surface area contributed by atoms with E-state index in [9.17, 15) is 26.8 Å². The number of hydrogen-bond acceptors (Lipinski definition) is 5. The van der Waals surface area contributed by atoms with Gasteiger partial charge in [-0.05, 0) is 36.4 Å². The van der Waals surface area contributed by atoms with Crippen molar-refractivity contribution in [3.8, 4) is 0 Å². The van der Waals surface area contributed by atoms with Crippen molar-refractivity contribution in [1.29, 1.82) is 0 Å². The first kappa shape index (κ1) is 23.4. The van der Waals surface area contributed by atoms with E-state index in [0.29, 0.717) is 17.2 Å². The van der Waals surface area contributed by atoms with Gasteiger partial charge >= 0.3 is 5.97 Å². The van der Waals surface area contributed by atoms with Gasteiger partial charge in [-0.25, -0.2) is 22.0 Å². The van der Waals surface area contributed by atoms with Crippen molar-refractivity contribution in [2.24, 2.45) is 0 Å². The fourth-order valence-corrected chi connectivity index (χ4v) is 4.68. The van der Waals surface area contributed by atoms with Crippen LogP contribution in [-0.2, 0) is 19.6 Å². The smallest absolute Gasteiger partial charge is 0.340 e. The summed E-state index contributed by atoms with van der Waals surface area (Å²) in [5.74, 6) is -4.14. The molecule has 0 bridgehead atoms. The lowest BCUT2D eigenvalue weighted by Gasteiger charge is -2.33. The number of esters is 1. The first-order valence-corrected chi connectivity index (χ1v) is 11.1. The van der Waals surface area contributed by atoms with Gasteiger partial charge in [0, 0.05) is 31.2 Å². The SMILES string of the molecule is O=C(OCC(=O)N1CCN(S(=O)(=O)c2ccc(Cl)cc2)CC1)c1cc(F)c(F)cc1Cl. The molecule has 3 rings (SSSR count). The Morgan fingerprint density at radius 1 is 0.968 bits per heavy atom. The van der Waals surface area contributed by atoms with Gasteiger partial charge in [-0.3, -0.25) is 4.79 Å². The third kappa shape index (κ3) is 5.32. The number of amides is 1. The van der Waals surface area contributed by atoms with Crippen molar-refractivity contribution < 1.29 is 31.5 Å².